The molecule has 1 nitrogen and oxygen atoms in total. The van der Waals surface area contributed by atoms with Gasteiger partial charge in [-0.25, -0.2) is 0 Å². The molecule has 0 aliphatic heterocycles. The van der Waals surface area contributed by atoms with Crippen molar-refractivity contribution in [1.82, 2.24) is 5.32 Å². The first-order chi connectivity index (χ1) is 7.69. The van der Waals surface area contributed by atoms with Gasteiger partial charge in [-0.1, -0.05) is 44.0 Å². The number of nitrogens with one attached hydrogen (secondary N) is 1. The van der Waals surface area contributed by atoms with E-state index in [1.54, 1.807) is 0 Å². The van der Waals surface area contributed by atoms with E-state index in [0.29, 0.717) is 6.04 Å². The van der Waals surface area contributed by atoms with E-state index in [0.717, 1.165) is 6.54 Å². The molecule has 0 saturated carbocycles. The van der Waals surface area contributed by atoms with Gasteiger partial charge in [-0.2, -0.15) is 0 Å². The molecule has 1 atom stereocenters. The molecule has 0 amide bonds. The highest BCUT2D eigenvalue weighted by molar-refractivity contribution is 5.32. The van der Waals surface area contributed by atoms with Gasteiger partial charge in [0, 0.05) is 6.04 Å². The van der Waals surface area contributed by atoms with Crippen molar-refractivity contribution in [2.75, 3.05) is 6.54 Å². The van der Waals surface area contributed by atoms with Crippen LogP contribution in [0.5, 0.6) is 0 Å². The molecule has 0 fully saturated rings. The molecule has 1 rings (SSSR count). The van der Waals surface area contributed by atoms with E-state index in [1.165, 1.54) is 36.0 Å². The maximum atomic E-state index is 3.65. The molecular weight excluding hydrogens is 194 g/mol. The molecule has 0 aliphatic carbocycles. The van der Waals surface area contributed by atoms with Gasteiger partial charge in [0.1, 0.15) is 0 Å². The van der Waals surface area contributed by atoms with Crippen molar-refractivity contribution in [3.8, 4) is 0 Å². The number of hydrogen-bond donors (Lipinski definition) is 1. The predicted octanol–water partition coefficient (Wildman–Crippen LogP) is 4.14. The maximum Gasteiger partial charge on any atom is 0.0322 e. The van der Waals surface area contributed by atoms with Gasteiger partial charge in [0.15, 0.2) is 0 Å². The molecule has 1 aromatic carbocycles. The summed E-state index contributed by atoms with van der Waals surface area (Å²) >= 11 is 0. The van der Waals surface area contributed by atoms with Crippen molar-refractivity contribution < 1.29 is 0 Å². The van der Waals surface area contributed by atoms with E-state index in [2.05, 4.69) is 51.2 Å². The molecule has 0 spiro atoms. The lowest BCUT2D eigenvalue weighted by atomic mass is 9.96. The van der Waals surface area contributed by atoms with Crippen LogP contribution < -0.4 is 5.32 Å². The largest absolute Gasteiger partial charge is 0.310 e. The summed E-state index contributed by atoms with van der Waals surface area (Å²) in [7, 11) is 0. The third-order valence-electron chi connectivity index (χ3n) is 3.02. The fourth-order valence-corrected chi connectivity index (χ4v) is 2.19. The minimum absolute atomic E-state index is 0.533. The van der Waals surface area contributed by atoms with Crippen LogP contribution in [-0.2, 0) is 0 Å². The van der Waals surface area contributed by atoms with Crippen LogP contribution in [0.15, 0.2) is 18.2 Å². The van der Waals surface area contributed by atoms with E-state index in [1.807, 2.05) is 0 Å². The molecule has 0 aromatic heterocycles. The maximum absolute atomic E-state index is 3.65. The number of aryl methyl sites for hydroxylation is 2. The summed E-state index contributed by atoms with van der Waals surface area (Å²) in [5.41, 5.74) is 4.25. The summed E-state index contributed by atoms with van der Waals surface area (Å²) in [6, 6.07) is 7.32. The summed E-state index contributed by atoms with van der Waals surface area (Å²) in [5, 5.41) is 3.65. The van der Waals surface area contributed by atoms with Crippen LogP contribution in [0, 0.1) is 13.8 Å². The molecule has 1 heteroatoms. The Kier molecular flexibility index (Phi) is 5.54. The first kappa shape index (κ1) is 13.2. The minimum Gasteiger partial charge on any atom is -0.310 e. The van der Waals surface area contributed by atoms with Gasteiger partial charge in [0.2, 0.25) is 0 Å². The summed E-state index contributed by atoms with van der Waals surface area (Å²) < 4.78 is 0. The molecule has 0 saturated heterocycles. The van der Waals surface area contributed by atoms with Crippen molar-refractivity contribution in [2.45, 2.75) is 53.0 Å². The number of benzene rings is 1. The monoisotopic (exact) mass is 219 g/mol. The SMILES string of the molecule is CCCNC(CCC)c1ccc(C)cc1C. The fourth-order valence-electron chi connectivity index (χ4n) is 2.19. The smallest absolute Gasteiger partial charge is 0.0322 e. The Labute approximate surface area is 100 Å². The van der Waals surface area contributed by atoms with Gasteiger partial charge >= 0.3 is 0 Å². The lowest BCUT2D eigenvalue weighted by Gasteiger charge is -2.20. The standard InChI is InChI=1S/C15H25N/c1-5-7-15(16-10-6-2)14-9-8-12(3)11-13(14)4/h8-9,11,15-16H,5-7,10H2,1-4H3. The fraction of sp³-hybridized carbons (Fsp3) is 0.600. The van der Waals surface area contributed by atoms with E-state index in [-0.39, 0.29) is 0 Å². The van der Waals surface area contributed by atoms with Crippen molar-refractivity contribution >= 4 is 0 Å². The van der Waals surface area contributed by atoms with Crippen LogP contribution >= 0.6 is 0 Å². The van der Waals surface area contributed by atoms with Crippen LogP contribution in [0.2, 0.25) is 0 Å². The molecule has 1 N–H and O–H groups in total. The molecular formula is C15H25N. The zero-order valence-corrected chi connectivity index (χ0v) is 11.1. The summed E-state index contributed by atoms with van der Waals surface area (Å²) in [4.78, 5) is 0. The average molecular weight is 219 g/mol. The lowest BCUT2D eigenvalue weighted by Crippen LogP contribution is -2.22. The van der Waals surface area contributed by atoms with Gasteiger partial charge in [0.25, 0.3) is 0 Å². The van der Waals surface area contributed by atoms with Crippen molar-refractivity contribution in [2.24, 2.45) is 0 Å². The molecule has 90 valence electrons. The molecule has 1 aromatic rings. The predicted molar refractivity (Wildman–Crippen MR) is 71.9 cm³/mol. The molecule has 0 bridgehead atoms. The third kappa shape index (κ3) is 3.64. The number of hydrogen-bond acceptors (Lipinski definition) is 1. The van der Waals surface area contributed by atoms with Crippen molar-refractivity contribution in [3.63, 3.8) is 0 Å². The summed E-state index contributed by atoms with van der Waals surface area (Å²) in [5.74, 6) is 0. The summed E-state index contributed by atoms with van der Waals surface area (Å²) in [6.45, 7) is 9.96. The topological polar surface area (TPSA) is 12.0 Å². The van der Waals surface area contributed by atoms with Gasteiger partial charge in [-0.15, -0.1) is 0 Å². The Morgan fingerprint density at radius 1 is 1.12 bits per heavy atom. The highest BCUT2D eigenvalue weighted by atomic mass is 14.9. The quantitative estimate of drug-likeness (QED) is 0.758. The zero-order chi connectivity index (χ0) is 12.0. The zero-order valence-electron chi connectivity index (χ0n) is 11.1. The highest BCUT2D eigenvalue weighted by Gasteiger charge is 2.11. The second-order valence-electron chi connectivity index (χ2n) is 4.66. The van der Waals surface area contributed by atoms with Gasteiger partial charge < -0.3 is 5.32 Å². The first-order valence-corrected chi connectivity index (χ1v) is 6.49. The van der Waals surface area contributed by atoms with Gasteiger partial charge in [-0.3, -0.25) is 0 Å². The van der Waals surface area contributed by atoms with Gasteiger partial charge in [0.05, 0.1) is 0 Å². The lowest BCUT2D eigenvalue weighted by molar-refractivity contribution is 0.492. The van der Waals surface area contributed by atoms with E-state index in [9.17, 15) is 0 Å². The average Bonchev–Trinajstić information content (AvgIpc) is 2.25. The second kappa shape index (κ2) is 6.70. The Morgan fingerprint density at radius 2 is 1.88 bits per heavy atom. The Hall–Kier alpha value is -0.820. The van der Waals surface area contributed by atoms with Crippen LogP contribution in [-0.4, -0.2) is 6.54 Å². The first-order valence-electron chi connectivity index (χ1n) is 6.49. The van der Waals surface area contributed by atoms with Crippen LogP contribution in [0.4, 0.5) is 0 Å². The van der Waals surface area contributed by atoms with Crippen LogP contribution in [0.1, 0.15) is 55.8 Å². The molecule has 0 aliphatic rings. The normalized spacial score (nSPS) is 12.8. The highest BCUT2D eigenvalue weighted by Crippen LogP contribution is 2.22. The Morgan fingerprint density at radius 3 is 2.44 bits per heavy atom. The summed E-state index contributed by atoms with van der Waals surface area (Å²) in [6.07, 6.45) is 3.66. The van der Waals surface area contributed by atoms with E-state index >= 15 is 0 Å². The minimum atomic E-state index is 0.533. The Bertz CT molecular complexity index is 317. The Balaban J connectivity index is 2.82. The third-order valence-corrected chi connectivity index (χ3v) is 3.02. The van der Waals surface area contributed by atoms with Crippen molar-refractivity contribution in [1.29, 1.82) is 0 Å². The molecule has 1 unspecified atom stereocenters. The van der Waals surface area contributed by atoms with Crippen LogP contribution in [0.3, 0.4) is 0 Å². The van der Waals surface area contributed by atoms with Crippen molar-refractivity contribution in [3.05, 3.63) is 34.9 Å². The molecule has 16 heavy (non-hydrogen) atoms. The van der Waals surface area contributed by atoms with E-state index in [4.69, 9.17) is 0 Å². The van der Waals surface area contributed by atoms with Gasteiger partial charge in [-0.05, 0) is 44.4 Å². The van der Waals surface area contributed by atoms with Crippen LogP contribution in [0.25, 0.3) is 0 Å². The second-order valence-corrected chi connectivity index (χ2v) is 4.66. The molecule has 0 heterocycles. The molecule has 0 radical (unpaired) electrons. The van der Waals surface area contributed by atoms with E-state index < -0.39 is 0 Å². The number of rotatable bonds is 6.